The van der Waals surface area contributed by atoms with E-state index in [-0.39, 0.29) is 31.1 Å². The Hall–Kier alpha value is -2.63. The van der Waals surface area contributed by atoms with Crippen molar-refractivity contribution in [2.24, 2.45) is 0 Å². The van der Waals surface area contributed by atoms with Crippen molar-refractivity contribution in [2.75, 3.05) is 13.2 Å². The molecule has 0 aromatic heterocycles. The predicted octanol–water partition coefficient (Wildman–Crippen LogP) is 16.7. The van der Waals surface area contributed by atoms with Gasteiger partial charge in [-0.25, -0.2) is 0 Å². The molecule has 60 heavy (non-hydrogen) atoms. The number of carbonyl (C=O) groups excluding carboxylic acids is 3. The molecule has 0 heterocycles. The summed E-state index contributed by atoms with van der Waals surface area (Å²) < 4.78 is 16.8. The summed E-state index contributed by atoms with van der Waals surface area (Å²) in [5.74, 6) is -0.894. The van der Waals surface area contributed by atoms with Crippen molar-refractivity contribution in [2.45, 2.75) is 264 Å². The van der Waals surface area contributed by atoms with Crippen molar-refractivity contribution in [3.8, 4) is 0 Å². The van der Waals surface area contributed by atoms with Crippen LogP contribution in [0.15, 0.2) is 48.6 Å². The van der Waals surface area contributed by atoms with Crippen LogP contribution in [0.4, 0.5) is 0 Å². The molecular formula is C54H96O6. The first-order valence-corrected chi connectivity index (χ1v) is 25.6. The maximum Gasteiger partial charge on any atom is 0.306 e. The van der Waals surface area contributed by atoms with E-state index in [4.69, 9.17) is 14.2 Å². The molecule has 0 saturated heterocycles. The number of hydrogen-bond donors (Lipinski definition) is 0. The lowest BCUT2D eigenvalue weighted by molar-refractivity contribution is -0.167. The Morgan fingerprint density at radius 1 is 0.350 bits per heavy atom. The smallest absolute Gasteiger partial charge is 0.306 e. The maximum absolute atomic E-state index is 12.8. The zero-order valence-corrected chi connectivity index (χ0v) is 39.7. The highest BCUT2D eigenvalue weighted by Gasteiger charge is 2.19. The Balaban J connectivity index is 4.37. The quantitative estimate of drug-likeness (QED) is 0.0263. The first kappa shape index (κ1) is 57.4. The third-order valence-corrected chi connectivity index (χ3v) is 11.1. The highest BCUT2D eigenvalue weighted by molar-refractivity contribution is 5.71. The van der Waals surface area contributed by atoms with Crippen molar-refractivity contribution in [3.63, 3.8) is 0 Å². The van der Waals surface area contributed by atoms with Crippen LogP contribution in [0.2, 0.25) is 0 Å². The van der Waals surface area contributed by atoms with Crippen LogP contribution in [0.1, 0.15) is 258 Å². The second-order valence-electron chi connectivity index (χ2n) is 17.1. The number of esters is 3. The number of carbonyl (C=O) groups is 3. The summed E-state index contributed by atoms with van der Waals surface area (Å²) in [4.78, 5) is 37.9. The van der Waals surface area contributed by atoms with Gasteiger partial charge in [0, 0.05) is 19.3 Å². The first-order chi connectivity index (χ1) is 29.5. The molecule has 0 aliphatic heterocycles. The molecule has 1 atom stereocenters. The second-order valence-corrected chi connectivity index (χ2v) is 17.1. The average Bonchev–Trinajstić information content (AvgIpc) is 3.24. The van der Waals surface area contributed by atoms with Crippen molar-refractivity contribution >= 4 is 17.9 Å². The minimum Gasteiger partial charge on any atom is -0.462 e. The zero-order chi connectivity index (χ0) is 43.7. The molecule has 0 radical (unpaired) electrons. The first-order valence-electron chi connectivity index (χ1n) is 25.6. The standard InChI is InChI=1S/C54H96O6/c1-4-7-10-13-16-19-22-24-26-28-29-32-35-38-41-44-47-53(56)59-50-51(49-58-52(55)46-43-40-37-34-31-21-18-15-12-9-6-3)60-54(57)48-45-42-39-36-33-30-27-25-23-20-17-14-11-8-5-2/h7,10,15-16,18-19,24,26,51H,4-6,8-9,11-14,17,20-23,25,27-50H2,1-3H3/b10-7-,18-15-,19-16-,26-24-. The number of hydrogen-bond acceptors (Lipinski definition) is 6. The minimum absolute atomic E-state index is 0.0798. The van der Waals surface area contributed by atoms with Crippen LogP contribution in [0.3, 0.4) is 0 Å². The van der Waals surface area contributed by atoms with Gasteiger partial charge in [0.05, 0.1) is 0 Å². The van der Waals surface area contributed by atoms with E-state index in [1.54, 1.807) is 0 Å². The zero-order valence-electron chi connectivity index (χ0n) is 39.7. The van der Waals surface area contributed by atoms with Crippen LogP contribution in [0, 0.1) is 0 Å². The summed E-state index contributed by atoms with van der Waals surface area (Å²) >= 11 is 0. The van der Waals surface area contributed by atoms with E-state index in [9.17, 15) is 14.4 Å². The fourth-order valence-electron chi connectivity index (χ4n) is 7.20. The molecule has 348 valence electrons. The van der Waals surface area contributed by atoms with Gasteiger partial charge in [0.15, 0.2) is 6.10 Å². The number of allylic oxidation sites excluding steroid dienone is 8. The molecule has 0 bridgehead atoms. The molecule has 0 amide bonds. The van der Waals surface area contributed by atoms with Crippen LogP contribution in [0.25, 0.3) is 0 Å². The molecule has 0 spiro atoms. The van der Waals surface area contributed by atoms with Crippen LogP contribution >= 0.6 is 0 Å². The fraction of sp³-hybridized carbons (Fsp3) is 0.796. The lowest BCUT2D eigenvalue weighted by atomic mass is 10.0. The summed E-state index contributed by atoms with van der Waals surface area (Å²) in [5.41, 5.74) is 0. The number of unbranched alkanes of at least 4 members (excludes halogenated alkanes) is 27. The van der Waals surface area contributed by atoms with Crippen LogP contribution < -0.4 is 0 Å². The molecule has 0 rings (SSSR count). The molecule has 1 unspecified atom stereocenters. The Labute approximate surface area is 371 Å². The normalized spacial score (nSPS) is 12.4. The summed E-state index contributed by atoms with van der Waals surface area (Å²) in [6.07, 6.45) is 58.0. The van der Waals surface area contributed by atoms with Crippen molar-refractivity contribution in [3.05, 3.63) is 48.6 Å². The van der Waals surface area contributed by atoms with Crippen LogP contribution in [0.5, 0.6) is 0 Å². The van der Waals surface area contributed by atoms with E-state index in [1.807, 2.05) is 0 Å². The SMILES string of the molecule is CC/C=C\C/C=C\C/C=C\CCCCCCCCC(=O)OCC(COC(=O)CCCCCCC/C=C\CCCC)OC(=O)CCCCCCCCCCCCCCCCC. The van der Waals surface area contributed by atoms with E-state index < -0.39 is 6.10 Å². The molecule has 0 saturated carbocycles. The van der Waals surface area contributed by atoms with Gasteiger partial charge >= 0.3 is 17.9 Å². The number of rotatable bonds is 46. The lowest BCUT2D eigenvalue weighted by Gasteiger charge is -2.18. The maximum atomic E-state index is 12.8. The van der Waals surface area contributed by atoms with E-state index in [2.05, 4.69) is 69.4 Å². The van der Waals surface area contributed by atoms with Gasteiger partial charge in [-0.1, -0.05) is 217 Å². The van der Waals surface area contributed by atoms with Crippen LogP contribution in [-0.4, -0.2) is 37.2 Å². The largest absolute Gasteiger partial charge is 0.462 e. The molecule has 6 heteroatoms. The van der Waals surface area contributed by atoms with E-state index >= 15 is 0 Å². The van der Waals surface area contributed by atoms with E-state index in [1.165, 1.54) is 128 Å². The lowest BCUT2D eigenvalue weighted by Crippen LogP contribution is -2.30. The summed E-state index contributed by atoms with van der Waals surface area (Å²) in [5, 5.41) is 0. The Bertz CT molecular complexity index is 1060. The van der Waals surface area contributed by atoms with Crippen molar-refractivity contribution < 1.29 is 28.6 Å². The Kier molecular flexibility index (Phi) is 46.9. The minimum atomic E-state index is -0.778. The van der Waals surface area contributed by atoms with E-state index in [0.717, 1.165) is 89.9 Å². The summed E-state index contributed by atoms with van der Waals surface area (Å²) in [7, 11) is 0. The van der Waals surface area contributed by atoms with Gasteiger partial charge < -0.3 is 14.2 Å². The third kappa shape index (κ3) is 46.4. The monoisotopic (exact) mass is 841 g/mol. The number of ether oxygens (including phenoxy) is 3. The molecule has 0 aliphatic carbocycles. The Morgan fingerprint density at radius 3 is 1.08 bits per heavy atom. The van der Waals surface area contributed by atoms with Gasteiger partial charge in [-0.05, 0) is 70.6 Å². The second kappa shape index (κ2) is 49.0. The highest BCUT2D eigenvalue weighted by atomic mass is 16.6. The molecule has 0 N–H and O–H groups in total. The molecule has 0 fully saturated rings. The third-order valence-electron chi connectivity index (χ3n) is 11.1. The summed E-state index contributed by atoms with van der Waals surface area (Å²) in [6, 6.07) is 0. The van der Waals surface area contributed by atoms with E-state index in [0.29, 0.717) is 19.3 Å². The topological polar surface area (TPSA) is 78.9 Å². The predicted molar refractivity (Wildman–Crippen MR) is 256 cm³/mol. The Morgan fingerprint density at radius 2 is 0.667 bits per heavy atom. The van der Waals surface area contributed by atoms with Gasteiger partial charge in [-0.3, -0.25) is 14.4 Å². The van der Waals surface area contributed by atoms with Crippen molar-refractivity contribution in [1.82, 2.24) is 0 Å². The molecule has 0 aliphatic rings. The molecular weight excluding hydrogens is 745 g/mol. The molecule has 6 nitrogen and oxygen atoms in total. The molecule has 0 aromatic carbocycles. The highest BCUT2D eigenvalue weighted by Crippen LogP contribution is 2.15. The van der Waals surface area contributed by atoms with Gasteiger partial charge in [0.2, 0.25) is 0 Å². The van der Waals surface area contributed by atoms with Gasteiger partial charge in [0.25, 0.3) is 0 Å². The average molecular weight is 841 g/mol. The molecule has 0 aromatic rings. The van der Waals surface area contributed by atoms with Gasteiger partial charge in [0.1, 0.15) is 13.2 Å². The summed E-state index contributed by atoms with van der Waals surface area (Å²) in [6.45, 7) is 6.49. The van der Waals surface area contributed by atoms with Crippen LogP contribution in [-0.2, 0) is 28.6 Å². The van der Waals surface area contributed by atoms with Gasteiger partial charge in [-0.15, -0.1) is 0 Å². The fourth-order valence-corrected chi connectivity index (χ4v) is 7.20. The van der Waals surface area contributed by atoms with Crippen molar-refractivity contribution in [1.29, 1.82) is 0 Å². The van der Waals surface area contributed by atoms with Gasteiger partial charge in [-0.2, -0.15) is 0 Å².